The van der Waals surface area contributed by atoms with Gasteiger partial charge in [0.2, 0.25) is 0 Å². The van der Waals surface area contributed by atoms with Gasteiger partial charge in [-0.05, 0) is 12.5 Å². The summed E-state index contributed by atoms with van der Waals surface area (Å²) >= 11 is 0. The number of hydrogen-bond donors (Lipinski definition) is 1. The first kappa shape index (κ1) is 13.0. The molecule has 3 nitrogen and oxygen atoms in total. The van der Waals surface area contributed by atoms with E-state index >= 15 is 0 Å². The van der Waals surface area contributed by atoms with Crippen molar-refractivity contribution in [2.75, 3.05) is 32.2 Å². The van der Waals surface area contributed by atoms with E-state index in [9.17, 15) is 5.11 Å². The maximum atomic E-state index is 9.93. The molecule has 0 aliphatic carbocycles. The first-order chi connectivity index (χ1) is 7.70. The number of likely N-dealkylation sites (N-methyl/N-ethyl adjacent to an activating group) is 1. The predicted molar refractivity (Wildman–Crippen MR) is 66.8 cm³/mol. The fourth-order valence-corrected chi connectivity index (χ4v) is 1.69. The molecule has 1 aromatic rings. The SMILES string of the molecule is CC[C@@H](O)c1ccccc1N(C)CCOC. The van der Waals surface area contributed by atoms with Crippen LogP contribution in [0.15, 0.2) is 24.3 Å². The summed E-state index contributed by atoms with van der Waals surface area (Å²) in [7, 11) is 3.71. The Hall–Kier alpha value is -1.06. The molecule has 3 heteroatoms. The molecule has 0 amide bonds. The monoisotopic (exact) mass is 223 g/mol. The van der Waals surface area contributed by atoms with Crippen LogP contribution in [0.1, 0.15) is 25.0 Å². The third-order valence-electron chi connectivity index (χ3n) is 2.72. The van der Waals surface area contributed by atoms with Gasteiger partial charge in [-0.1, -0.05) is 25.1 Å². The number of rotatable bonds is 6. The second-order valence-corrected chi connectivity index (χ2v) is 3.90. The largest absolute Gasteiger partial charge is 0.388 e. The molecule has 0 heterocycles. The molecule has 0 aliphatic heterocycles. The molecule has 0 saturated heterocycles. The maximum absolute atomic E-state index is 9.93. The maximum Gasteiger partial charge on any atom is 0.0807 e. The number of para-hydroxylation sites is 1. The summed E-state index contributed by atoms with van der Waals surface area (Å²) in [5.41, 5.74) is 2.07. The molecule has 0 spiro atoms. The number of methoxy groups -OCH3 is 1. The Kier molecular flexibility index (Phi) is 5.29. The van der Waals surface area contributed by atoms with Crippen LogP contribution in [-0.2, 0) is 4.74 Å². The lowest BCUT2D eigenvalue weighted by molar-refractivity contribution is 0.173. The average Bonchev–Trinajstić information content (AvgIpc) is 2.35. The second kappa shape index (κ2) is 6.51. The number of aliphatic hydroxyl groups excluding tert-OH is 1. The number of hydrogen-bond acceptors (Lipinski definition) is 3. The molecule has 0 unspecified atom stereocenters. The van der Waals surface area contributed by atoms with Gasteiger partial charge in [-0.2, -0.15) is 0 Å². The number of nitrogens with zero attached hydrogens (tertiary/aromatic N) is 1. The topological polar surface area (TPSA) is 32.7 Å². The van der Waals surface area contributed by atoms with Crippen LogP contribution < -0.4 is 4.90 Å². The van der Waals surface area contributed by atoms with Crippen LogP contribution in [0.25, 0.3) is 0 Å². The van der Waals surface area contributed by atoms with Gasteiger partial charge in [-0.3, -0.25) is 0 Å². The normalized spacial score (nSPS) is 12.5. The van der Waals surface area contributed by atoms with Crippen molar-refractivity contribution in [3.05, 3.63) is 29.8 Å². The van der Waals surface area contributed by atoms with E-state index in [0.717, 1.165) is 24.2 Å². The van der Waals surface area contributed by atoms with E-state index in [-0.39, 0.29) is 6.10 Å². The zero-order valence-electron chi connectivity index (χ0n) is 10.3. The summed E-state index contributed by atoms with van der Waals surface area (Å²) in [6, 6.07) is 7.96. The van der Waals surface area contributed by atoms with E-state index in [1.165, 1.54) is 0 Å². The van der Waals surface area contributed by atoms with Gasteiger partial charge >= 0.3 is 0 Å². The summed E-state index contributed by atoms with van der Waals surface area (Å²) in [6.45, 7) is 3.49. The van der Waals surface area contributed by atoms with Crippen LogP contribution in [0.2, 0.25) is 0 Å². The fourth-order valence-electron chi connectivity index (χ4n) is 1.69. The van der Waals surface area contributed by atoms with Crippen LogP contribution in [0.4, 0.5) is 5.69 Å². The zero-order valence-corrected chi connectivity index (χ0v) is 10.3. The number of benzene rings is 1. The zero-order chi connectivity index (χ0) is 12.0. The van der Waals surface area contributed by atoms with Crippen molar-refractivity contribution in [3.8, 4) is 0 Å². The third kappa shape index (κ3) is 3.22. The van der Waals surface area contributed by atoms with E-state index in [1.54, 1.807) is 7.11 Å². The van der Waals surface area contributed by atoms with Crippen LogP contribution in [0, 0.1) is 0 Å². The summed E-state index contributed by atoms with van der Waals surface area (Å²) in [5, 5.41) is 9.93. The van der Waals surface area contributed by atoms with E-state index < -0.39 is 0 Å². The third-order valence-corrected chi connectivity index (χ3v) is 2.72. The highest BCUT2D eigenvalue weighted by Crippen LogP contribution is 2.27. The van der Waals surface area contributed by atoms with E-state index in [2.05, 4.69) is 4.90 Å². The summed E-state index contributed by atoms with van der Waals surface area (Å²) < 4.78 is 5.06. The lowest BCUT2D eigenvalue weighted by Crippen LogP contribution is -2.23. The van der Waals surface area contributed by atoms with Crippen molar-refractivity contribution in [1.82, 2.24) is 0 Å². The van der Waals surface area contributed by atoms with Crippen molar-refractivity contribution in [1.29, 1.82) is 0 Å². The quantitative estimate of drug-likeness (QED) is 0.802. The Bertz CT molecular complexity index is 315. The van der Waals surface area contributed by atoms with E-state index in [0.29, 0.717) is 6.61 Å². The minimum atomic E-state index is -0.388. The minimum absolute atomic E-state index is 0.388. The molecule has 16 heavy (non-hydrogen) atoms. The van der Waals surface area contributed by atoms with Gasteiger partial charge in [0, 0.05) is 32.0 Å². The first-order valence-electron chi connectivity index (χ1n) is 5.67. The average molecular weight is 223 g/mol. The van der Waals surface area contributed by atoms with Gasteiger partial charge in [-0.25, -0.2) is 0 Å². The summed E-state index contributed by atoms with van der Waals surface area (Å²) in [4.78, 5) is 2.11. The molecule has 1 atom stereocenters. The van der Waals surface area contributed by atoms with E-state index in [4.69, 9.17) is 4.74 Å². The molecule has 0 radical (unpaired) electrons. The van der Waals surface area contributed by atoms with Crippen molar-refractivity contribution in [3.63, 3.8) is 0 Å². The van der Waals surface area contributed by atoms with Crippen molar-refractivity contribution >= 4 is 5.69 Å². The van der Waals surface area contributed by atoms with Crippen molar-refractivity contribution in [2.45, 2.75) is 19.4 Å². The van der Waals surface area contributed by atoms with Gasteiger partial charge in [0.15, 0.2) is 0 Å². The molecular weight excluding hydrogens is 202 g/mol. The molecule has 0 aromatic heterocycles. The lowest BCUT2D eigenvalue weighted by Gasteiger charge is -2.23. The molecule has 0 bridgehead atoms. The second-order valence-electron chi connectivity index (χ2n) is 3.90. The highest BCUT2D eigenvalue weighted by Gasteiger charge is 2.12. The lowest BCUT2D eigenvalue weighted by atomic mass is 10.0. The Balaban J connectivity index is 2.85. The van der Waals surface area contributed by atoms with Crippen LogP contribution in [-0.4, -0.2) is 32.4 Å². The minimum Gasteiger partial charge on any atom is -0.388 e. The van der Waals surface area contributed by atoms with E-state index in [1.807, 2.05) is 38.2 Å². The Labute approximate surface area is 97.7 Å². The number of ether oxygens (including phenoxy) is 1. The fraction of sp³-hybridized carbons (Fsp3) is 0.538. The summed E-state index contributed by atoms with van der Waals surface area (Å²) in [5.74, 6) is 0. The van der Waals surface area contributed by atoms with Gasteiger partial charge in [0.1, 0.15) is 0 Å². The van der Waals surface area contributed by atoms with Gasteiger partial charge in [-0.15, -0.1) is 0 Å². The van der Waals surface area contributed by atoms with Crippen LogP contribution >= 0.6 is 0 Å². The molecule has 0 saturated carbocycles. The van der Waals surface area contributed by atoms with Gasteiger partial charge in [0.25, 0.3) is 0 Å². The highest BCUT2D eigenvalue weighted by atomic mass is 16.5. The van der Waals surface area contributed by atoms with Crippen molar-refractivity contribution in [2.24, 2.45) is 0 Å². The van der Waals surface area contributed by atoms with Crippen LogP contribution in [0.5, 0.6) is 0 Å². The Morgan fingerprint density at radius 2 is 2.06 bits per heavy atom. The Morgan fingerprint density at radius 1 is 1.38 bits per heavy atom. The molecular formula is C13H21NO2. The first-order valence-corrected chi connectivity index (χ1v) is 5.67. The number of aliphatic hydroxyl groups is 1. The molecule has 1 rings (SSSR count). The predicted octanol–water partition coefficient (Wildman–Crippen LogP) is 2.21. The summed E-state index contributed by atoms with van der Waals surface area (Å²) in [6.07, 6.45) is 0.343. The molecule has 1 N–H and O–H groups in total. The smallest absolute Gasteiger partial charge is 0.0807 e. The highest BCUT2D eigenvalue weighted by molar-refractivity contribution is 5.54. The number of anilines is 1. The van der Waals surface area contributed by atoms with Crippen LogP contribution in [0.3, 0.4) is 0 Å². The standard InChI is InChI=1S/C13H21NO2/c1-4-13(15)11-7-5-6-8-12(11)14(2)9-10-16-3/h5-8,13,15H,4,9-10H2,1-3H3/t13-/m1/s1. The molecule has 0 aliphatic rings. The molecule has 0 fully saturated rings. The molecule has 1 aromatic carbocycles. The van der Waals surface area contributed by atoms with Gasteiger partial charge < -0.3 is 14.7 Å². The van der Waals surface area contributed by atoms with Gasteiger partial charge in [0.05, 0.1) is 12.7 Å². The molecule has 90 valence electrons. The Morgan fingerprint density at radius 3 is 2.69 bits per heavy atom. The van der Waals surface area contributed by atoms with Crippen molar-refractivity contribution < 1.29 is 9.84 Å².